The monoisotopic (exact) mass is 461 g/mol. The van der Waals surface area contributed by atoms with Gasteiger partial charge in [-0.05, 0) is 60.7 Å². The summed E-state index contributed by atoms with van der Waals surface area (Å²) < 4.78 is 45.1. The van der Waals surface area contributed by atoms with E-state index >= 15 is 0 Å². The predicted octanol–water partition coefficient (Wildman–Crippen LogP) is 3.55. The molecule has 0 aliphatic rings. The van der Waals surface area contributed by atoms with Crippen LogP contribution in [0.5, 0.6) is 0 Å². The molecule has 3 aromatic rings. The Kier molecular flexibility index (Phi) is 7.61. The minimum atomic E-state index is -3.80. The molecule has 0 saturated heterocycles. The zero-order chi connectivity index (χ0) is 22.3. The lowest BCUT2D eigenvalue weighted by atomic mass is 10.3. The van der Waals surface area contributed by atoms with Crippen LogP contribution in [0.4, 0.5) is 10.1 Å². The van der Waals surface area contributed by atoms with E-state index in [4.69, 9.17) is 4.74 Å². The van der Waals surface area contributed by atoms with Crippen LogP contribution < -0.4 is 10.0 Å². The maximum Gasteiger partial charge on any atom is 0.261 e. The van der Waals surface area contributed by atoms with Gasteiger partial charge in [0.25, 0.3) is 15.9 Å². The number of methoxy groups -OCH3 is 1. The van der Waals surface area contributed by atoms with Crippen molar-refractivity contribution >= 4 is 33.4 Å². The molecule has 0 bridgehead atoms. The normalized spacial score (nSPS) is 11.2. The van der Waals surface area contributed by atoms with Gasteiger partial charge in [0.1, 0.15) is 10.8 Å². The Hall–Kier alpha value is -2.95. The number of aromatic nitrogens is 1. The minimum Gasteiger partial charge on any atom is -0.383 e. The van der Waals surface area contributed by atoms with Crippen molar-refractivity contribution in [3.8, 4) is 0 Å². The van der Waals surface area contributed by atoms with Gasteiger partial charge in [-0.3, -0.25) is 9.52 Å². The van der Waals surface area contributed by atoms with Gasteiger partial charge in [0, 0.05) is 30.4 Å². The van der Waals surface area contributed by atoms with E-state index in [0.717, 1.165) is 17.0 Å². The molecule has 0 saturated carbocycles. The second kappa shape index (κ2) is 10.4. The van der Waals surface area contributed by atoms with Crippen LogP contribution in [-0.4, -0.2) is 39.6 Å². The number of carbonyl (C=O) groups is 1. The lowest BCUT2D eigenvalue weighted by Gasteiger charge is -2.09. The van der Waals surface area contributed by atoms with Crippen LogP contribution in [-0.2, 0) is 14.8 Å². The summed E-state index contributed by atoms with van der Waals surface area (Å²) in [5.74, 6) is -0.729. The Labute approximate surface area is 184 Å². The van der Waals surface area contributed by atoms with E-state index in [9.17, 15) is 17.6 Å². The molecule has 1 aromatic heterocycles. The highest BCUT2D eigenvalue weighted by Gasteiger charge is 2.14. The van der Waals surface area contributed by atoms with E-state index in [-0.39, 0.29) is 10.8 Å². The molecule has 0 aliphatic carbocycles. The van der Waals surface area contributed by atoms with E-state index in [0.29, 0.717) is 29.4 Å². The first-order valence-corrected chi connectivity index (χ1v) is 11.5. The lowest BCUT2D eigenvalue weighted by Crippen LogP contribution is -2.26. The molecular weight excluding hydrogens is 441 g/mol. The summed E-state index contributed by atoms with van der Waals surface area (Å²) >= 11 is 1.37. The predicted molar refractivity (Wildman–Crippen MR) is 116 cm³/mol. The number of benzene rings is 2. The molecule has 0 spiro atoms. The number of ether oxygens (including phenoxy) is 1. The third-order valence-corrected chi connectivity index (χ3v) is 6.40. The zero-order valence-corrected chi connectivity index (χ0v) is 18.2. The average molecular weight is 462 g/mol. The molecule has 1 amide bonds. The third-order valence-electron chi connectivity index (χ3n) is 4.04. The molecule has 0 unspecified atom stereocenters. The summed E-state index contributed by atoms with van der Waals surface area (Å²) in [5, 5.41) is 3.41. The van der Waals surface area contributed by atoms with Gasteiger partial charge < -0.3 is 10.1 Å². The smallest absolute Gasteiger partial charge is 0.261 e. The van der Waals surface area contributed by atoms with Crippen molar-refractivity contribution in [2.45, 2.75) is 14.8 Å². The van der Waals surface area contributed by atoms with E-state index in [1.54, 1.807) is 43.5 Å². The lowest BCUT2D eigenvalue weighted by molar-refractivity contribution is 0.0936. The molecule has 1 heterocycles. The van der Waals surface area contributed by atoms with Gasteiger partial charge in [-0.1, -0.05) is 11.8 Å². The highest BCUT2D eigenvalue weighted by molar-refractivity contribution is 7.99. The maximum absolute atomic E-state index is 13.0. The van der Waals surface area contributed by atoms with Crippen molar-refractivity contribution in [2.24, 2.45) is 0 Å². The van der Waals surface area contributed by atoms with Crippen LogP contribution in [0.15, 0.2) is 81.7 Å². The molecule has 3 rings (SSSR count). The number of nitrogens with zero attached hydrogens (tertiary/aromatic N) is 1. The molecule has 0 atom stereocenters. The molecule has 0 fully saturated rings. The standard InChI is InChI=1S/C21H20FN3O4S2/c1-29-13-12-23-21(26)15-2-11-20(24-14-15)30-18-7-5-17(6-8-18)25-31(27,28)19-9-3-16(22)4-10-19/h2-11,14,25H,12-13H2,1H3,(H,23,26). The van der Waals surface area contributed by atoms with Crippen molar-refractivity contribution in [1.82, 2.24) is 10.3 Å². The molecule has 7 nitrogen and oxygen atoms in total. The number of sulfonamides is 1. The molecule has 2 N–H and O–H groups in total. The highest BCUT2D eigenvalue weighted by Crippen LogP contribution is 2.27. The van der Waals surface area contributed by atoms with Crippen LogP contribution in [0.1, 0.15) is 10.4 Å². The molecule has 0 radical (unpaired) electrons. The second-order valence-electron chi connectivity index (χ2n) is 6.32. The van der Waals surface area contributed by atoms with Crippen molar-refractivity contribution in [3.63, 3.8) is 0 Å². The summed E-state index contributed by atoms with van der Waals surface area (Å²) in [6.45, 7) is 0.853. The Balaban J connectivity index is 1.60. The van der Waals surface area contributed by atoms with Gasteiger partial charge >= 0.3 is 0 Å². The summed E-state index contributed by atoms with van der Waals surface area (Å²) in [7, 11) is -2.24. The first kappa shape index (κ1) is 22.7. The number of anilines is 1. The number of amides is 1. The summed E-state index contributed by atoms with van der Waals surface area (Å²) in [4.78, 5) is 17.1. The first-order chi connectivity index (χ1) is 14.9. The van der Waals surface area contributed by atoms with E-state index in [1.165, 1.54) is 30.1 Å². The topological polar surface area (TPSA) is 97.4 Å². The van der Waals surface area contributed by atoms with Gasteiger partial charge in [-0.25, -0.2) is 17.8 Å². The van der Waals surface area contributed by atoms with Gasteiger partial charge in [0.2, 0.25) is 0 Å². The fraction of sp³-hybridized carbons (Fsp3) is 0.143. The molecule has 2 aromatic carbocycles. The average Bonchev–Trinajstić information content (AvgIpc) is 2.76. The van der Waals surface area contributed by atoms with Crippen LogP contribution >= 0.6 is 11.8 Å². The summed E-state index contributed by atoms with van der Waals surface area (Å²) in [6.07, 6.45) is 1.50. The minimum absolute atomic E-state index is 0.0251. The number of hydrogen-bond acceptors (Lipinski definition) is 6. The fourth-order valence-corrected chi connectivity index (χ4v) is 4.30. The molecular formula is C21H20FN3O4S2. The van der Waals surface area contributed by atoms with E-state index in [2.05, 4.69) is 15.0 Å². The van der Waals surface area contributed by atoms with Crippen molar-refractivity contribution in [2.75, 3.05) is 25.0 Å². The van der Waals surface area contributed by atoms with Crippen LogP contribution in [0.2, 0.25) is 0 Å². The van der Waals surface area contributed by atoms with E-state index < -0.39 is 15.8 Å². The van der Waals surface area contributed by atoms with Crippen molar-refractivity contribution in [3.05, 3.63) is 78.2 Å². The third kappa shape index (κ3) is 6.51. The number of hydrogen-bond donors (Lipinski definition) is 2. The van der Waals surface area contributed by atoms with Crippen molar-refractivity contribution in [1.29, 1.82) is 0 Å². The summed E-state index contributed by atoms with van der Waals surface area (Å²) in [5.41, 5.74) is 0.829. The number of rotatable bonds is 9. The number of nitrogens with one attached hydrogen (secondary N) is 2. The second-order valence-corrected chi connectivity index (χ2v) is 9.10. The number of pyridine rings is 1. The SMILES string of the molecule is COCCNC(=O)c1ccc(Sc2ccc(NS(=O)(=O)c3ccc(F)cc3)cc2)nc1. The van der Waals surface area contributed by atoms with E-state index in [1.807, 2.05) is 0 Å². The van der Waals surface area contributed by atoms with Gasteiger partial charge in [-0.15, -0.1) is 0 Å². The van der Waals surface area contributed by atoms with Crippen LogP contribution in [0.25, 0.3) is 0 Å². The molecule has 10 heteroatoms. The number of carbonyl (C=O) groups excluding carboxylic acids is 1. The molecule has 162 valence electrons. The quantitative estimate of drug-likeness (QED) is 0.473. The van der Waals surface area contributed by atoms with Crippen LogP contribution in [0.3, 0.4) is 0 Å². The Morgan fingerprint density at radius 3 is 2.39 bits per heavy atom. The molecule has 31 heavy (non-hydrogen) atoms. The van der Waals surface area contributed by atoms with Gasteiger partial charge in [0.05, 0.1) is 17.1 Å². The van der Waals surface area contributed by atoms with Gasteiger partial charge in [-0.2, -0.15) is 0 Å². The maximum atomic E-state index is 13.0. The fourth-order valence-electron chi connectivity index (χ4n) is 2.48. The van der Waals surface area contributed by atoms with Crippen molar-refractivity contribution < 1.29 is 22.3 Å². The highest BCUT2D eigenvalue weighted by atomic mass is 32.2. The molecule has 0 aliphatic heterocycles. The van der Waals surface area contributed by atoms with Gasteiger partial charge in [0.15, 0.2) is 0 Å². The Bertz CT molecular complexity index is 1120. The first-order valence-electron chi connectivity index (χ1n) is 9.17. The number of halogens is 1. The van der Waals surface area contributed by atoms with Crippen LogP contribution in [0, 0.1) is 5.82 Å². The summed E-state index contributed by atoms with van der Waals surface area (Å²) in [6, 6.07) is 14.8. The largest absolute Gasteiger partial charge is 0.383 e. The Morgan fingerprint density at radius 2 is 1.77 bits per heavy atom. The zero-order valence-electron chi connectivity index (χ0n) is 16.5. The Morgan fingerprint density at radius 1 is 1.06 bits per heavy atom.